The molecule has 0 saturated carbocycles. The monoisotopic (exact) mass is 475 g/mol. The van der Waals surface area contributed by atoms with E-state index in [1.807, 2.05) is 30.3 Å². The van der Waals surface area contributed by atoms with Crippen molar-refractivity contribution in [2.75, 3.05) is 6.54 Å². The van der Waals surface area contributed by atoms with Gasteiger partial charge in [0.2, 0.25) is 0 Å². The highest BCUT2D eigenvalue weighted by molar-refractivity contribution is 6.30. The van der Waals surface area contributed by atoms with Gasteiger partial charge in [0.05, 0.1) is 18.4 Å². The number of aromatic nitrogens is 2. The predicted molar refractivity (Wildman–Crippen MR) is 128 cm³/mol. The molecule has 0 aliphatic rings. The maximum atomic E-state index is 13.4. The third kappa shape index (κ3) is 5.73. The molecular weight excluding hydrogens is 457 g/mol. The van der Waals surface area contributed by atoms with Crippen molar-refractivity contribution in [2.24, 2.45) is 5.10 Å². The van der Waals surface area contributed by atoms with Crippen LogP contribution >= 0.6 is 11.6 Å². The Morgan fingerprint density at radius 3 is 2.41 bits per heavy atom. The summed E-state index contributed by atoms with van der Waals surface area (Å²) >= 11 is 5.81. The quantitative estimate of drug-likeness (QED) is 0.310. The van der Waals surface area contributed by atoms with E-state index < -0.39 is 11.8 Å². The Bertz CT molecular complexity index is 1320. The number of amides is 2. The van der Waals surface area contributed by atoms with Crippen LogP contribution in [-0.2, 0) is 4.79 Å². The van der Waals surface area contributed by atoms with E-state index in [-0.39, 0.29) is 12.4 Å². The molecule has 4 aromatic rings. The predicted octanol–water partition coefficient (Wildman–Crippen LogP) is 4.21. The maximum Gasteiger partial charge on any atom is 0.259 e. The van der Waals surface area contributed by atoms with Gasteiger partial charge in [-0.2, -0.15) is 10.2 Å². The Morgan fingerprint density at radius 2 is 1.71 bits per heavy atom. The SMILES string of the molecule is O=C(CNC(=O)c1ccc(Cl)cc1)N/N=C\c1cn(-c2ccccc2)nc1-c1ccc(F)cc1. The lowest BCUT2D eigenvalue weighted by molar-refractivity contribution is -0.120. The molecule has 3 aromatic carbocycles. The molecule has 1 aromatic heterocycles. The number of hydrogen-bond donors (Lipinski definition) is 2. The number of carbonyl (C=O) groups excluding carboxylic acids is 2. The van der Waals surface area contributed by atoms with E-state index in [9.17, 15) is 14.0 Å². The summed E-state index contributed by atoms with van der Waals surface area (Å²) in [7, 11) is 0. The van der Waals surface area contributed by atoms with Gasteiger partial charge in [-0.15, -0.1) is 0 Å². The Labute approximate surface area is 199 Å². The third-order valence-electron chi connectivity index (χ3n) is 4.79. The number of halogens is 2. The molecule has 0 bridgehead atoms. The molecule has 0 aliphatic carbocycles. The van der Waals surface area contributed by atoms with E-state index in [0.29, 0.717) is 27.4 Å². The summed E-state index contributed by atoms with van der Waals surface area (Å²) in [4.78, 5) is 24.2. The largest absolute Gasteiger partial charge is 0.343 e. The van der Waals surface area contributed by atoms with E-state index >= 15 is 0 Å². The zero-order valence-corrected chi connectivity index (χ0v) is 18.5. The lowest BCUT2D eigenvalue weighted by Crippen LogP contribution is -2.34. The van der Waals surface area contributed by atoms with Gasteiger partial charge in [-0.1, -0.05) is 29.8 Å². The molecule has 34 heavy (non-hydrogen) atoms. The van der Waals surface area contributed by atoms with Gasteiger partial charge in [0.1, 0.15) is 11.5 Å². The maximum absolute atomic E-state index is 13.4. The van der Waals surface area contributed by atoms with Crippen LogP contribution < -0.4 is 10.7 Å². The van der Waals surface area contributed by atoms with Crippen LogP contribution in [0.2, 0.25) is 5.02 Å². The lowest BCUT2D eigenvalue weighted by atomic mass is 10.1. The first-order valence-electron chi connectivity index (χ1n) is 10.3. The zero-order chi connectivity index (χ0) is 23.9. The van der Waals surface area contributed by atoms with E-state index in [1.54, 1.807) is 47.3 Å². The summed E-state index contributed by atoms with van der Waals surface area (Å²) in [6, 6.07) is 21.7. The van der Waals surface area contributed by atoms with Gasteiger partial charge in [-0.3, -0.25) is 9.59 Å². The average molecular weight is 476 g/mol. The van der Waals surface area contributed by atoms with Crippen molar-refractivity contribution < 1.29 is 14.0 Å². The second kappa shape index (κ2) is 10.5. The summed E-state index contributed by atoms with van der Waals surface area (Å²) in [5.41, 5.74) is 5.47. The number of benzene rings is 3. The van der Waals surface area contributed by atoms with E-state index in [2.05, 4.69) is 20.9 Å². The first kappa shape index (κ1) is 22.9. The minimum atomic E-state index is -0.502. The van der Waals surface area contributed by atoms with Crippen LogP contribution in [0.25, 0.3) is 16.9 Å². The molecule has 0 aliphatic heterocycles. The average Bonchev–Trinajstić information content (AvgIpc) is 3.28. The van der Waals surface area contributed by atoms with Crippen molar-refractivity contribution in [1.82, 2.24) is 20.5 Å². The second-order valence-corrected chi connectivity index (χ2v) is 7.64. The number of nitrogens with zero attached hydrogens (tertiary/aromatic N) is 3. The number of hydrazone groups is 1. The molecule has 1 heterocycles. The van der Waals surface area contributed by atoms with Crippen LogP contribution in [0.3, 0.4) is 0 Å². The zero-order valence-electron chi connectivity index (χ0n) is 17.8. The van der Waals surface area contributed by atoms with Crippen molar-refractivity contribution in [1.29, 1.82) is 0 Å². The van der Waals surface area contributed by atoms with Crippen molar-refractivity contribution in [2.45, 2.75) is 0 Å². The standard InChI is InChI=1S/C25H19ClFN5O2/c26-20-10-6-18(7-11-20)25(34)28-15-23(33)30-29-14-19-16-32(22-4-2-1-3-5-22)31-24(19)17-8-12-21(27)13-9-17/h1-14,16H,15H2,(H,28,34)(H,30,33)/b29-14-. The topological polar surface area (TPSA) is 88.4 Å². The fourth-order valence-electron chi connectivity index (χ4n) is 3.10. The van der Waals surface area contributed by atoms with Gasteiger partial charge in [0.15, 0.2) is 0 Å². The third-order valence-corrected chi connectivity index (χ3v) is 5.04. The van der Waals surface area contributed by atoms with Gasteiger partial charge in [-0.25, -0.2) is 14.5 Å². The number of rotatable bonds is 7. The van der Waals surface area contributed by atoms with Gasteiger partial charge in [-0.05, 0) is 60.7 Å². The molecule has 0 radical (unpaired) electrons. The summed E-state index contributed by atoms with van der Waals surface area (Å²) in [6.45, 7) is -0.257. The molecule has 9 heteroatoms. The number of para-hydroxylation sites is 1. The molecule has 2 N–H and O–H groups in total. The highest BCUT2D eigenvalue weighted by Crippen LogP contribution is 2.23. The fraction of sp³-hybridized carbons (Fsp3) is 0.0400. The van der Waals surface area contributed by atoms with Crippen LogP contribution in [0.1, 0.15) is 15.9 Å². The van der Waals surface area contributed by atoms with E-state index in [4.69, 9.17) is 11.6 Å². The van der Waals surface area contributed by atoms with Crippen molar-refractivity contribution in [3.63, 3.8) is 0 Å². The van der Waals surface area contributed by atoms with Gasteiger partial charge in [0.25, 0.3) is 11.8 Å². The summed E-state index contributed by atoms with van der Waals surface area (Å²) in [6.07, 6.45) is 3.20. The molecule has 0 unspecified atom stereocenters. The van der Waals surface area contributed by atoms with E-state index in [1.165, 1.54) is 18.3 Å². The van der Waals surface area contributed by atoms with Crippen molar-refractivity contribution >= 4 is 29.6 Å². The molecular formula is C25H19ClFN5O2. The van der Waals surface area contributed by atoms with Gasteiger partial charge < -0.3 is 5.32 Å². The summed E-state index contributed by atoms with van der Waals surface area (Å²) < 4.78 is 15.1. The Hall–Kier alpha value is -4.30. The molecule has 4 rings (SSSR count). The first-order chi connectivity index (χ1) is 16.5. The van der Waals surface area contributed by atoms with Gasteiger partial charge in [0, 0.05) is 27.9 Å². The van der Waals surface area contributed by atoms with Crippen molar-refractivity contribution in [3.8, 4) is 16.9 Å². The Kier molecular flexibility index (Phi) is 7.10. The van der Waals surface area contributed by atoms with E-state index in [0.717, 1.165) is 5.69 Å². The minimum absolute atomic E-state index is 0.257. The minimum Gasteiger partial charge on any atom is -0.343 e. The number of nitrogens with one attached hydrogen (secondary N) is 2. The van der Waals surface area contributed by atoms with Gasteiger partial charge >= 0.3 is 0 Å². The molecule has 0 spiro atoms. The number of carbonyl (C=O) groups is 2. The fourth-order valence-corrected chi connectivity index (χ4v) is 3.23. The van der Waals surface area contributed by atoms with Crippen LogP contribution in [0, 0.1) is 5.82 Å². The molecule has 0 atom stereocenters. The Morgan fingerprint density at radius 1 is 1.00 bits per heavy atom. The Balaban J connectivity index is 1.45. The molecule has 0 saturated heterocycles. The van der Waals surface area contributed by atoms with Crippen LogP contribution in [0.4, 0.5) is 4.39 Å². The summed E-state index contributed by atoms with van der Waals surface area (Å²) in [5, 5.41) is 11.6. The van der Waals surface area contributed by atoms with Crippen LogP contribution in [0.15, 0.2) is 90.2 Å². The number of hydrogen-bond acceptors (Lipinski definition) is 4. The highest BCUT2D eigenvalue weighted by atomic mass is 35.5. The molecule has 0 fully saturated rings. The highest BCUT2D eigenvalue weighted by Gasteiger charge is 2.12. The molecule has 7 nitrogen and oxygen atoms in total. The molecule has 2 amide bonds. The van der Waals surface area contributed by atoms with Crippen molar-refractivity contribution in [3.05, 3.63) is 107 Å². The normalized spacial score (nSPS) is 10.9. The second-order valence-electron chi connectivity index (χ2n) is 7.20. The van der Waals surface area contributed by atoms with Crippen LogP contribution in [0.5, 0.6) is 0 Å². The first-order valence-corrected chi connectivity index (χ1v) is 10.6. The molecule has 170 valence electrons. The lowest BCUT2D eigenvalue weighted by Gasteiger charge is -2.04. The summed E-state index contributed by atoms with van der Waals surface area (Å²) in [5.74, 6) is -1.26. The van der Waals surface area contributed by atoms with Crippen LogP contribution in [-0.4, -0.2) is 34.4 Å². The smallest absolute Gasteiger partial charge is 0.259 e.